The van der Waals surface area contributed by atoms with Gasteiger partial charge in [-0.25, -0.2) is 0 Å². The van der Waals surface area contributed by atoms with Crippen molar-refractivity contribution in [1.82, 2.24) is 8.80 Å². The van der Waals surface area contributed by atoms with Crippen molar-refractivity contribution in [2.45, 2.75) is 78.8 Å². The second kappa shape index (κ2) is 19.3. The van der Waals surface area contributed by atoms with E-state index in [1.165, 1.54) is 143 Å². The maximum Gasteiger partial charge on any atom is 0.0775 e. The highest BCUT2D eigenvalue weighted by atomic mass is 28.3. The van der Waals surface area contributed by atoms with Gasteiger partial charge in [0.1, 0.15) is 0 Å². The molecular weight excluding hydrogens is 1050 g/mol. The fraction of sp³-hybridized carbons (Fsp3) is 0.154. The predicted molar refractivity (Wildman–Crippen MR) is 370 cm³/mol. The van der Waals surface area contributed by atoms with E-state index in [9.17, 15) is 0 Å². The summed E-state index contributed by atoms with van der Waals surface area (Å²) in [5.74, 6) is 0.763. The van der Waals surface area contributed by atoms with Gasteiger partial charge in [0, 0.05) is 65.6 Å². The SMILES string of the molecule is CC(C)c1ccc(N(c2ccc([Si](C)(C)C)cc2)c2ccc3c4cc5c(cc4n4c6ccccc6c2c34)c2ccc(N(c3ccc([Si](C)(C)C)cc3)c3ccc(C(C)C)cc3-c3ccccc3)c3c4ccccc4n5c23)c(-c2ccccc2)c1. The molecule has 0 saturated heterocycles. The molecule has 4 heterocycles. The van der Waals surface area contributed by atoms with Gasteiger partial charge in [0.2, 0.25) is 0 Å². The molecule has 15 rings (SSSR count). The Kier molecular flexibility index (Phi) is 11.9. The van der Waals surface area contributed by atoms with Crippen molar-refractivity contribution in [2.24, 2.45) is 0 Å². The van der Waals surface area contributed by atoms with Gasteiger partial charge in [0.25, 0.3) is 0 Å². The Bertz CT molecular complexity index is 4700. The average molecular weight is 1120 g/mol. The molecule has 0 fully saturated rings. The molecule has 0 N–H and O–H groups in total. The zero-order chi connectivity index (χ0) is 57.5. The summed E-state index contributed by atoms with van der Waals surface area (Å²) in [6.45, 7) is 23.8. The molecule has 0 amide bonds. The molecule has 4 nitrogen and oxygen atoms in total. The number of nitrogens with zero attached hydrogens (tertiary/aromatic N) is 4. The van der Waals surface area contributed by atoms with E-state index in [0.29, 0.717) is 11.8 Å². The van der Waals surface area contributed by atoms with Gasteiger partial charge in [-0.15, -0.1) is 0 Å². The summed E-state index contributed by atoms with van der Waals surface area (Å²) in [6, 6.07) is 88.2. The molecule has 0 bridgehead atoms. The van der Waals surface area contributed by atoms with Crippen molar-refractivity contribution in [3.8, 4) is 22.3 Å². The third-order valence-corrected chi connectivity index (χ3v) is 22.4. The smallest absolute Gasteiger partial charge is 0.0775 e. The Hall–Kier alpha value is -8.95. The molecule has 0 radical (unpaired) electrons. The summed E-state index contributed by atoms with van der Waals surface area (Å²) in [5.41, 5.74) is 21.9. The first-order valence-corrected chi connectivity index (χ1v) is 37.1. The Balaban J connectivity index is 1.00. The van der Waals surface area contributed by atoms with Gasteiger partial charge >= 0.3 is 0 Å². The highest BCUT2D eigenvalue weighted by Gasteiger charge is 2.30. The van der Waals surface area contributed by atoms with E-state index in [1.54, 1.807) is 0 Å². The normalized spacial score (nSPS) is 12.6. The van der Waals surface area contributed by atoms with E-state index in [4.69, 9.17) is 0 Å². The van der Waals surface area contributed by atoms with Crippen LogP contribution in [0.5, 0.6) is 0 Å². The predicted octanol–water partition coefficient (Wildman–Crippen LogP) is 21.6. The van der Waals surface area contributed by atoms with Crippen LogP contribution in [-0.4, -0.2) is 24.9 Å². The number of fused-ring (bicyclic) bond motifs is 12. The Morgan fingerprint density at radius 3 is 1.04 bits per heavy atom. The monoisotopic (exact) mass is 1120 g/mol. The summed E-state index contributed by atoms with van der Waals surface area (Å²) in [5, 5.41) is 12.9. The van der Waals surface area contributed by atoms with E-state index in [-0.39, 0.29) is 0 Å². The molecule has 4 aromatic heterocycles. The van der Waals surface area contributed by atoms with E-state index < -0.39 is 16.1 Å². The first-order chi connectivity index (χ1) is 40.6. The van der Waals surface area contributed by atoms with Crippen molar-refractivity contribution in [1.29, 1.82) is 0 Å². The Labute approximate surface area is 495 Å². The fourth-order valence-corrected chi connectivity index (χ4v) is 16.1. The van der Waals surface area contributed by atoms with Gasteiger partial charge in [-0.1, -0.05) is 223 Å². The van der Waals surface area contributed by atoms with Crippen LogP contribution in [0.15, 0.2) is 231 Å². The molecule has 0 atom stereocenters. The minimum Gasteiger partial charge on any atom is -0.309 e. The molecule has 410 valence electrons. The lowest BCUT2D eigenvalue weighted by atomic mass is 9.94. The summed E-state index contributed by atoms with van der Waals surface area (Å²) in [4.78, 5) is 5.11. The van der Waals surface area contributed by atoms with E-state index >= 15 is 0 Å². The zero-order valence-corrected chi connectivity index (χ0v) is 51.9. The number of para-hydroxylation sites is 2. The van der Waals surface area contributed by atoms with Crippen molar-refractivity contribution >= 4 is 137 Å². The summed E-state index contributed by atoms with van der Waals surface area (Å²) < 4.78 is 5.17. The van der Waals surface area contributed by atoms with Crippen LogP contribution >= 0.6 is 0 Å². The topological polar surface area (TPSA) is 15.3 Å². The number of aromatic nitrogens is 2. The Morgan fingerprint density at radius 2 is 0.667 bits per heavy atom. The van der Waals surface area contributed by atoms with Gasteiger partial charge in [-0.05, 0) is 119 Å². The van der Waals surface area contributed by atoms with Gasteiger partial charge < -0.3 is 18.6 Å². The molecule has 6 heteroatoms. The van der Waals surface area contributed by atoms with Crippen LogP contribution in [-0.2, 0) is 0 Å². The van der Waals surface area contributed by atoms with E-state index in [0.717, 1.165) is 11.4 Å². The van der Waals surface area contributed by atoms with E-state index in [2.05, 4.69) is 316 Å². The average Bonchev–Trinajstić information content (AvgIpc) is 1.73. The third-order valence-electron chi connectivity index (χ3n) is 18.3. The molecule has 0 unspecified atom stereocenters. The van der Waals surface area contributed by atoms with Crippen molar-refractivity contribution in [2.75, 3.05) is 9.80 Å². The molecular formula is C78H70N4Si2. The minimum atomic E-state index is -1.59. The van der Waals surface area contributed by atoms with Gasteiger partial charge in [-0.2, -0.15) is 0 Å². The van der Waals surface area contributed by atoms with Gasteiger partial charge in [0.15, 0.2) is 0 Å². The molecule has 0 spiro atoms. The first kappa shape index (κ1) is 51.9. The summed E-state index contributed by atoms with van der Waals surface area (Å²) in [7, 11) is -3.18. The number of hydrogen-bond acceptors (Lipinski definition) is 2. The lowest BCUT2D eigenvalue weighted by molar-refractivity contribution is 0.867. The van der Waals surface area contributed by atoms with Crippen LogP contribution in [0.3, 0.4) is 0 Å². The fourth-order valence-electron chi connectivity index (χ4n) is 13.8. The van der Waals surface area contributed by atoms with Crippen LogP contribution in [0.4, 0.5) is 34.1 Å². The van der Waals surface area contributed by atoms with Gasteiger partial charge in [-0.3, -0.25) is 0 Å². The second-order valence-electron chi connectivity index (χ2n) is 26.2. The Morgan fingerprint density at radius 1 is 0.310 bits per heavy atom. The molecule has 15 aromatic rings. The summed E-state index contributed by atoms with van der Waals surface area (Å²) >= 11 is 0. The number of benzene rings is 11. The second-order valence-corrected chi connectivity index (χ2v) is 36.3. The molecule has 11 aromatic carbocycles. The quantitative estimate of drug-likeness (QED) is 0.113. The third kappa shape index (κ3) is 8.05. The highest BCUT2D eigenvalue weighted by Crippen LogP contribution is 2.53. The highest BCUT2D eigenvalue weighted by molar-refractivity contribution is 6.89. The largest absolute Gasteiger partial charge is 0.309 e. The van der Waals surface area contributed by atoms with Crippen molar-refractivity contribution < 1.29 is 0 Å². The minimum absolute atomic E-state index is 0.381. The number of rotatable bonds is 12. The molecule has 84 heavy (non-hydrogen) atoms. The summed E-state index contributed by atoms with van der Waals surface area (Å²) in [6.07, 6.45) is 0. The van der Waals surface area contributed by atoms with Crippen LogP contribution in [0.1, 0.15) is 50.7 Å². The van der Waals surface area contributed by atoms with Gasteiger partial charge in [0.05, 0.1) is 72.0 Å². The lowest BCUT2D eigenvalue weighted by Gasteiger charge is -2.30. The maximum atomic E-state index is 2.58. The first-order valence-electron chi connectivity index (χ1n) is 30.1. The number of hydrogen-bond donors (Lipinski definition) is 0. The zero-order valence-electron chi connectivity index (χ0n) is 49.9. The maximum absolute atomic E-state index is 2.58. The van der Waals surface area contributed by atoms with Crippen LogP contribution < -0.4 is 20.2 Å². The number of anilines is 6. The van der Waals surface area contributed by atoms with Crippen LogP contribution in [0.25, 0.3) is 98.4 Å². The molecule has 0 aliphatic heterocycles. The molecule has 0 aliphatic carbocycles. The molecule has 0 saturated carbocycles. The van der Waals surface area contributed by atoms with E-state index in [1.807, 2.05) is 0 Å². The van der Waals surface area contributed by atoms with Crippen LogP contribution in [0.2, 0.25) is 39.3 Å². The van der Waals surface area contributed by atoms with Crippen molar-refractivity contribution in [3.63, 3.8) is 0 Å². The van der Waals surface area contributed by atoms with Crippen LogP contribution in [0, 0.1) is 0 Å². The lowest BCUT2D eigenvalue weighted by Crippen LogP contribution is -2.37. The standard InChI is InChI=1S/C78H70N4Si2/c1-49(2)53-29-41-69(63(45-53)51-21-13-11-14-22-51)79(55-31-35-57(36-32-55)83(5,6)7)71-43-39-59-65-47-74-66(48-73(65)81-67-27-19-17-25-61(67)75(71)77(59)81)60-40-44-72(76-62-26-18-20-28-68(62)82(74)78(60)76)80(56-33-37-58(38-34-56)84(8,9)10)70-42-30-54(50(3)4)46-64(70)52-23-15-12-16-24-52/h11-50H,1-10H3. The molecule has 0 aliphatic rings. The van der Waals surface area contributed by atoms with Crippen molar-refractivity contribution in [3.05, 3.63) is 242 Å².